The molecule has 0 radical (unpaired) electrons. The van der Waals surface area contributed by atoms with E-state index in [4.69, 9.17) is 4.74 Å². The Labute approximate surface area is 112 Å². The van der Waals surface area contributed by atoms with Gasteiger partial charge in [0.25, 0.3) is 0 Å². The van der Waals surface area contributed by atoms with E-state index >= 15 is 0 Å². The third-order valence-electron chi connectivity index (χ3n) is 2.73. The zero-order chi connectivity index (χ0) is 14.8. The summed E-state index contributed by atoms with van der Waals surface area (Å²) in [4.78, 5) is 18.4. The monoisotopic (exact) mass is 291 g/mol. The van der Waals surface area contributed by atoms with Gasteiger partial charge in [-0.3, -0.25) is 0 Å². The molecule has 1 aromatic heterocycles. The Bertz CT molecular complexity index is 501. The molecule has 2 heterocycles. The van der Waals surface area contributed by atoms with Crippen molar-refractivity contribution in [1.82, 2.24) is 9.97 Å². The summed E-state index contributed by atoms with van der Waals surface area (Å²) in [6.07, 6.45) is -3.31. The first-order chi connectivity index (χ1) is 9.41. The van der Waals surface area contributed by atoms with Gasteiger partial charge in [-0.05, 0) is 6.42 Å². The Kier molecular flexibility index (Phi) is 4.07. The highest BCUT2D eigenvalue weighted by Gasteiger charge is 2.38. The van der Waals surface area contributed by atoms with Crippen LogP contribution in [0.3, 0.4) is 0 Å². The summed E-state index contributed by atoms with van der Waals surface area (Å²) < 4.78 is 48.0. The van der Waals surface area contributed by atoms with E-state index in [0.717, 1.165) is 13.3 Å². The second-order valence-corrected chi connectivity index (χ2v) is 4.15. The Morgan fingerprint density at radius 2 is 2.30 bits per heavy atom. The number of halogens is 3. The van der Waals surface area contributed by atoms with Crippen LogP contribution < -0.4 is 5.32 Å². The summed E-state index contributed by atoms with van der Waals surface area (Å²) in [5, 5.41) is 2.74. The smallest absolute Gasteiger partial charge is 0.434 e. The third kappa shape index (κ3) is 3.16. The number of hydrogen-bond acceptors (Lipinski definition) is 6. The van der Waals surface area contributed by atoms with Crippen LogP contribution >= 0.6 is 0 Å². The number of nitrogens with one attached hydrogen (secondary N) is 1. The van der Waals surface area contributed by atoms with Gasteiger partial charge in [0.05, 0.1) is 19.8 Å². The number of methoxy groups -OCH3 is 1. The average molecular weight is 291 g/mol. The van der Waals surface area contributed by atoms with E-state index in [-0.39, 0.29) is 12.0 Å². The maximum absolute atomic E-state index is 12.9. The van der Waals surface area contributed by atoms with E-state index in [1.807, 2.05) is 0 Å². The van der Waals surface area contributed by atoms with Crippen molar-refractivity contribution in [3.8, 4) is 0 Å². The molecule has 6 nitrogen and oxygen atoms in total. The van der Waals surface area contributed by atoms with E-state index in [0.29, 0.717) is 19.6 Å². The quantitative estimate of drug-likeness (QED) is 0.850. The molecule has 1 fully saturated rings. The van der Waals surface area contributed by atoms with Crippen LogP contribution in [0.1, 0.15) is 22.5 Å². The first-order valence-corrected chi connectivity index (χ1v) is 5.78. The van der Waals surface area contributed by atoms with Gasteiger partial charge in [0, 0.05) is 12.8 Å². The molecule has 0 unspecified atom stereocenters. The number of alkyl halides is 3. The molecule has 0 aliphatic carbocycles. The molecule has 0 amide bonds. The standard InChI is InChI=1S/C11H12F3N3O3/c1-19-9(18)7-4-15-10(16-6-2-3-20-5-6)17-8(7)11(12,13)14/h4,6H,2-3,5H2,1H3,(H,15,16,17)/t6-/m1/s1. The number of esters is 1. The lowest BCUT2D eigenvalue weighted by atomic mass is 10.2. The molecule has 1 aliphatic heterocycles. The zero-order valence-corrected chi connectivity index (χ0v) is 10.5. The van der Waals surface area contributed by atoms with Crippen LogP contribution in [0, 0.1) is 0 Å². The lowest BCUT2D eigenvalue weighted by Crippen LogP contribution is -2.23. The molecule has 0 spiro atoms. The van der Waals surface area contributed by atoms with Crippen LogP contribution in [0.25, 0.3) is 0 Å². The topological polar surface area (TPSA) is 73.3 Å². The number of carbonyl (C=O) groups is 1. The molecule has 1 N–H and O–H groups in total. The van der Waals surface area contributed by atoms with Crippen molar-refractivity contribution in [2.75, 3.05) is 25.6 Å². The highest BCUT2D eigenvalue weighted by molar-refractivity contribution is 5.90. The van der Waals surface area contributed by atoms with E-state index in [9.17, 15) is 18.0 Å². The highest BCUT2D eigenvalue weighted by atomic mass is 19.4. The Morgan fingerprint density at radius 3 is 2.85 bits per heavy atom. The lowest BCUT2D eigenvalue weighted by molar-refractivity contribution is -0.141. The van der Waals surface area contributed by atoms with Crippen molar-refractivity contribution in [2.24, 2.45) is 0 Å². The Hall–Kier alpha value is -1.90. The van der Waals surface area contributed by atoms with Gasteiger partial charge in [-0.1, -0.05) is 0 Å². The van der Waals surface area contributed by atoms with Crippen LogP contribution in [-0.2, 0) is 15.7 Å². The van der Waals surface area contributed by atoms with Gasteiger partial charge < -0.3 is 14.8 Å². The second kappa shape index (κ2) is 5.61. The predicted molar refractivity (Wildman–Crippen MR) is 61.2 cm³/mol. The number of anilines is 1. The summed E-state index contributed by atoms with van der Waals surface area (Å²) in [5.41, 5.74) is -2.03. The molecule has 110 valence electrons. The Balaban J connectivity index is 2.30. The maximum Gasteiger partial charge on any atom is 0.434 e. The Morgan fingerprint density at radius 1 is 1.55 bits per heavy atom. The molecule has 0 bridgehead atoms. The number of carbonyl (C=O) groups excluding carboxylic acids is 1. The van der Waals surface area contributed by atoms with Crippen LogP contribution in [-0.4, -0.2) is 42.3 Å². The van der Waals surface area contributed by atoms with Crippen molar-refractivity contribution in [3.63, 3.8) is 0 Å². The lowest BCUT2D eigenvalue weighted by Gasteiger charge is -2.14. The molecule has 0 saturated carbocycles. The highest BCUT2D eigenvalue weighted by Crippen LogP contribution is 2.31. The predicted octanol–water partition coefficient (Wildman–Crippen LogP) is 1.48. The SMILES string of the molecule is COC(=O)c1cnc(N[C@@H]2CCOC2)nc1C(F)(F)F. The van der Waals surface area contributed by atoms with Gasteiger partial charge in [-0.2, -0.15) is 13.2 Å². The molecule has 0 aromatic carbocycles. The molecule has 1 saturated heterocycles. The molecule has 20 heavy (non-hydrogen) atoms. The number of aromatic nitrogens is 2. The van der Waals surface area contributed by atoms with Gasteiger partial charge in [0.15, 0.2) is 5.69 Å². The number of ether oxygens (including phenoxy) is 2. The normalized spacial score (nSPS) is 18.9. The molecule has 1 aliphatic rings. The van der Waals surface area contributed by atoms with Crippen molar-refractivity contribution in [1.29, 1.82) is 0 Å². The summed E-state index contributed by atoms with van der Waals surface area (Å²) in [7, 11) is 0.991. The van der Waals surface area contributed by atoms with Gasteiger partial charge in [0.2, 0.25) is 5.95 Å². The summed E-state index contributed by atoms with van der Waals surface area (Å²) >= 11 is 0. The fraction of sp³-hybridized carbons (Fsp3) is 0.545. The van der Waals surface area contributed by atoms with Gasteiger partial charge in [-0.15, -0.1) is 0 Å². The van der Waals surface area contributed by atoms with Crippen LogP contribution in [0.5, 0.6) is 0 Å². The van der Waals surface area contributed by atoms with E-state index in [1.54, 1.807) is 0 Å². The minimum absolute atomic E-state index is 0.139. The summed E-state index contributed by atoms with van der Waals surface area (Å²) in [6, 6.07) is -0.139. The second-order valence-electron chi connectivity index (χ2n) is 4.15. The number of nitrogens with zero attached hydrogens (tertiary/aromatic N) is 2. The molecule has 9 heteroatoms. The van der Waals surface area contributed by atoms with E-state index < -0.39 is 23.4 Å². The summed E-state index contributed by atoms with van der Waals surface area (Å²) in [6.45, 7) is 0.910. The van der Waals surface area contributed by atoms with Gasteiger partial charge in [-0.25, -0.2) is 14.8 Å². The fourth-order valence-electron chi connectivity index (χ4n) is 1.76. The van der Waals surface area contributed by atoms with Crippen molar-refractivity contribution in [3.05, 3.63) is 17.5 Å². The van der Waals surface area contributed by atoms with Crippen molar-refractivity contribution in [2.45, 2.75) is 18.6 Å². The third-order valence-corrected chi connectivity index (χ3v) is 2.73. The number of hydrogen-bond donors (Lipinski definition) is 1. The molecular formula is C11H12F3N3O3. The molecule has 2 rings (SSSR count). The van der Waals surface area contributed by atoms with E-state index in [2.05, 4.69) is 20.0 Å². The van der Waals surface area contributed by atoms with E-state index in [1.165, 1.54) is 0 Å². The van der Waals surface area contributed by atoms with Gasteiger partial charge >= 0.3 is 12.1 Å². The molecule has 1 atom stereocenters. The van der Waals surface area contributed by atoms with Crippen LogP contribution in [0.4, 0.5) is 19.1 Å². The van der Waals surface area contributed by atoms with Gasteiger partial charge in [0.1, 0.15) is 5.56 Å². The zero-order valence-electron chi connectivity index (χ0n) is 10.5. The number of rotatable bonds is 3. The molecule has 1 aromatic rings. The van der Waals surface area contributed by atoms with Crippen molar-refractivity contribution < 1.29 is 27.4 Å². The average Bonchev–Trinajstić information content (AvgIpc) is 2.89. The minimum Gasteiger partial charge on any atom is -0.465 e. The van der Waals surface area contributed by atoms with Crippen LogP contribution in [0.2, 0.25) is 0 Å². The first kappa shape index (κ1) is 14.5. The van der Waals surface area contributed by atoms with Crippen LogP contribution in [0.15, 0.2) is 6.20 Å². The maximum atomic E-state index is 12.9. The minimum atomic E-state index is -4.77. The summed E-state index contributed by atoms with van der Waals surface area (Å²) in [5.74, 6) is -1.33. The fourth-order valence-corrected chi connectivity index (χ4v) is 1.76. The van der Waals surface area contributed by atoms with Crippen molar-refractivity contribution >= 4 is 11.9 Å². The first-order valence-electron chi connectivity index (χ1n) is 5.78. The largest absolute Gasteiger partial charge is 0.465 e. The molecular weight excluding hydrogens is 279 g/mol.